The Morgan fingerprint density at radius 1 is 1.12 bits per heavy atom. The van der Waals surface area contributed by atoms with Crippen molar-refractivity contribution in [3.63, 3.8) is 0 Å². The van der Waals surface area contributed by atoms with Crippen LogP contribution in [0, 0.1) is 0 Å². The van der Waals surface area contributed by atoms with Gasteiger partial charge in [-0.25, -0.2) is 0 Å². The highest BCUT2D eigenvalue weighted by molar-refractivity contribution is 5.92. The molecule has 0 radical (unpaired) electrons. The van der Waals surface area contributed by atoms with E-state index in [2.05, 4.69) is 10.1 Å². The molecular formula is C19H19F2NO3. The summed E-state index contributed by atoms with van der Waals surface area (Å²) in [5.74, 6) is -0.152. The van der Waals surface area contributed by atoms with Crippen molar-refractivity contribution in [1.82, 2.24) is 5.32 Å². The number of hydrogen-bond acceptors (Lipinski definition) is 3. The number of rotatable bonds is 7. The number of halogens is 2. The molecule has 2 rings (SSSR count). The second kappa shape index (κ2) is 8.82. The molecule has 2 aromatic rings. The first-order chi connectivity index (χ1) is 12.0. The Labute approximate surface area is 145 Å². The van der Waals surface area contributed by atoms with Crippen LogP contribution in [0.1, 0.15) is 24.1 Å². The van der Waals surface area contributed by atoms with Crippen molar-refractivity contribution in [2.24, 2.45) is 0 Å². The van der Waals surface area contributed by atoms with Gasteiger partial charge in [0.1, 0.15) is 0 Å². The lowest BCUT2D eigenvalue weighted by Gasteiger charge is -2.12. The average Bonchev–Trinajstić information content (AvgIpc) is 2.61. The number of ether oxygens (including phenoxy) is 2. The van der Waals surface area contributed by atoms with E-state index >= 15 is 0 Å². The van der Waals surface area contributed by atoms with Crippen LogP contribution in [0.4, 0.5) is 8.78 Å². The topological polar surface area (TPSA) is 47.6 Å². The van der Waals surface area contributed by atoms with Crippen molar-refractivity contribution in [1.29, 1.82) is 0 Å². The molecule has 1 amide bonds. The van der Waals surface area contributed by atoms with Crippen molar-refractivity contribution in [3.05, 3.63) is 65.7 Å². The molecule has 0 aromatic heterocycles. The molecule has 0 unspecified atom stereocenters. The van der Waals surface area contributed by atoms with Crippen LogP contribution >= 0.6 is 0 Å². The van der Waals surface area contributed by atoms with E-state index in [0.717, 1.165) is 5.56 Å². The normalized spacial score (nSPS) is 12.2. The zero-order valence-corrected chi connectivity index (χ0v) is 13.9. The van der Waals surface area contributed by atoms with Gasteiger partial charge in [0.15, 0.2) is 11.5 Å². The molecule has 0 aliphatic rings. The van der Waals surface area contributed by atoms with Gasteiger partial charge in [-0.1, -0.05) is 36.4 Å². The van der Waals surface area contributed by atoms with E-state index in [-0.39, 0.29) is 23.4 Å². The molecule has 0 saturated heterocycles. The Hall–Kier alpha value is -2.89. The first kappa shape index (κ1) is 18.4. The van der Waals surface area contributed by atoms with Gasteiger partial charge in [0.25, 0.3) is 0 Å². The van der Waals surface area contributed by atoms with Crippen LogP contribution in [0.2, 0.25) is 0 Å². The van der Waals surface area contributed by atoms with E-state index in [4.69, 9.17) is 4.74 Å². The largest absolute Gasteiger partial charge is 0.493 e. The first-order valence-corrected chi connectivity index (χ1v) is 7.66. The van der Waals surface area contributed by atoms with E-state index in [9.17, 15) is 13.6 Å². The molecule has 0 aliphatic carbocycles. The molecule has 4 nitrogen and oxygen atoms in total. The second-order valence-electron chi connectivity index (χ2n) is 5.26. The van der Waals surface area contributed by atoms with E-state index in [0.29, 0.717) is 5.56 Å². The van der Waals surface area contributed by atoms with Gasteiger partial charge < -0.3 is 14.8 Å². The van der Waals surface area contributed by atoms with Crippen molar-refractivity contribution in [2.75, 3.05) is 7.11 Å². The number of benzene rings is 2. The first-order valence-electron chi connectivity index (χ1n) is 7.66. The summed E-state index contributed by atoms with van der Waals surface area (Å²) in [5.41, 5.74) is 1.63. The molecule has 0 fully saturated rings. The number of carbonyl (C=O) groups excluding carboxylic acids is 1. The summed E-state index contributed by atoms with van der Waals surface area (Å²) < 4.78 is 34.0. The lowest BCUT2D eigenvalue weighted by Crippen LogP contribution is -2.24. The van der Waals surface area contributed by atoms with Gasteiger partial charge in [0.05, 0.1) is 13.2 Å². The van der Waals surface area contributed by atoms with Crippen LogP contribution in [-0.4, -0.2) is 19.6 Å². The molecule has 0 saturated carbocycles. The Balaban J connectivity index is 2.02. The summed E-state index contributed by atoms with van der Waals surface area (Å²) in [6.45, 7) is -1.04. The molecule has 0 spiro atoms. The van der Waals surface area contributed by atoms with Gasteiger partial charge in [-0.2, -0.15) is 8.78 Å². The molecule has 132 valence electrons. The third-order valence-corrected chi connectivity index (χ3v) is 3.49. The molecule has 6 heteroatoms. The van der Waals surface area contributed by atoms with E-state index < -0.39 is 6.61 Å². The van der Waals surface area contributed by atoms with Crippen molar-refractivity contribution in [3.8, 4) is 11.5 Å². The highest BCUT2D eigenvalue weighted by Gasteiger charge is 2.11. The standard InChI is InChI=1S/C19H19F2NO3/c1-13(15-6-4-3-5-7-15)22-18(23)11-9-14-8-10-16(25-19(20)21)17(12-14)24-2/h3-13,19H,1-2H3,(H,22,23)/b11-9+/t13-/m1/s1. The number of nitrogens with one attached hydrogen (secondary N) is 1. The fraction of sp³-hybridized carbons (Fsp3) is 0.211. The van der Waals surface area contributed by atoms with Gasteiger partial charge in [-0.05, 0) is 36.3 Å². The summed E-state index contributed by atoms with van der Waals surface area (Å²) in [5, 5.41) is 2.85. The zero-order valence-electron chi connectivity index (χ0n) is 13.9. The summed E-state index contributed by atoms with van der Waals surface area (Å²) in [4.78, 5) is 12.0. The SMILES string of the molecule is COc1cc(/C=C/C(=O)N[C@H](C)c2ccccc2)ccc1OC(F)F. The van der Waals surface area contributed by atoms with Crippen LogP contribution < -0.4 is 14.8 Å². The molecular weight excluding hydrogens is 328 g/mol. The van der Waals surface area contributed by atoms with Gasteiger partial charge in [-0.15, -0.1) is 0 Å². The van der Waals surface area contributed by atoms with Crippen LogP contribution in [0.25, 0.3) is 6.08 Å². The summed E-state index contributed by atoms with van der Waals surface area (Å²) in [6.07, 6.45) is 2.95. The number of amides is 1. The van der Waals surface area contributed by atoms with Gasteiger partial charge in [-0.3, -0.25) is 4.79 Å². The maximum Gasteiger partial charge on any atom is 0.387 e. The highest BCUT2D eigenvalue weighted by atomic mass is 19.3. The quantitative estimate of drug-likeness (QED) is 0.764. The van der Waals surface area contributed by atoms with Crippen LogP contribution in [0.15, 0.2) is 54.6 Å². The zero-order chi connectivity index (χ0) is 18.2. The van der Waals surface area contributed by atoms with Crippen LogP contribution in [0.5, 0.6) is 11.5 Å². The van der Waals surface area contributed by atoms with Crippen molar-refractivity contribution >= 4 is 12.0 Å². The van der Waals surface area contributed by atoms with Crippen LogP contribution in [0.3, 0.4) is 0 Å². The Morgan fingerprint density at radius 2 is 1.84 bits per heavy atom. The van der Waals surface area contributed by atoms with E-state index in [1.165, 1.54) is 25.3 Å². The molecule has 1 atom stereocenters. The van der Waals surface area contributed by atoms with Gasteiger partial charge in [0.2, 0.25) is 5.91 Å². The summed E-state index contributed by atoms with van der Waals surface area (Å²) in [6, 6.07) is 13.9. The molecule has 0 bridgehead atoms. The predicted octanol–water partition coefficient (Wildman–Crippen LogP) is 4.19. The molecule has 1 N–H and O–H groups in total. The van der Waals surface area contributed by atoms with E-state index in [1.54, 1.807) is 12.1 Å². The van der Waals surface area contributed by atoms with Gasteiger partial charge in [0, 0.05) is 6.08 Å². The number of carbonyl (C=O) groups is 1. The number of hydrogen-bond donors (Lipinski definition) is 1. The van der Waals surface area contributed by atoms with Crippen LogP contribution in [-0.2, 0) is 4.79 Å². The monoisotopic (exact) mass is 347 g/mol. The van der Waals surface area contributed by atoms with E-state index in [1.807, 2.05) is 37.3 Å². The summed E-state index contributed by atoms with van der Waals surface area (Å²) >= 11 is 0. The maximum absolute atomic E-state index is 12.3. The third-order valence-electron chi connectivity index (χ3n) is 3.49. The molecule has 0 heterocycles. The minimum atomic E-state index is -2.93. The lowest BCUT2D eigenvalue weighted by molar-refractivity contribution is -0.117. The summed E-state index contributed by atoms with van der Waals surface area (Å²) in [7, 11) is 1.36. The van der Waals surface area contributed by atoms with Gasteiger partial charge >= 0.3 is 6.61 Å². The van der Waals surface area contributed by atoms with Crippen molar-refractivity contribution in [2.45, 2.75) is 19.6 Å². The molecule has 25 heavy (non-hydrogen) atoms. The molecule has 0 aliphatic heterocycles. The van der Waals surface area contributed by atoms with Crippen molar-refractivity contribution < 1.29 is 23.0 Å². The molecule has 2 aromatic carbocycles. The Bertz CT molecular complexity index is 733. The lowest BCUT2D eigenvalue weighted by atomic mass is 10.1. The third kappa shape index (κ3) is 5.60. The predicted molar refractivity (Wildman–Crippen MR) is 91.7 cm³/mol. The fourth-order valence-corrected chi connectivity index (χ4v) is 2.24. The number of alkyl halides is 2. The number of methoxy groups -OCH3 is 1. The second-order valence-corrected chi connectivity index (χ2v) is 5.26. The maximum atomic E-state index is 12.3. The minimum absolute atomic E-state index is 0.0585. The highest BCUT2D eigenvalue weighted by Crippen LogP contribution is 2.29. The Morgan fingerprint density at radius 3 is 2.48 bits per heavy atom. The average molecular weight is 347 g/mol. The minimum Gasteiger partial charge on any atom is -0.493 e. The Kier molecular flexibility index (Phi) is 6.51. The smallest absolute Gasteiger partial charge is 0.387 e. The fourth-order valence-electron chi connectivity index (χ4n) is 2.24.